The molecule has 4 aliphatic rings. The van der Waals surface area contributed by atoms with Gasteiger partial charge in [-0.2, -0.15) is 0 Å². The van der Waals surface area contributed by atoms with Crippen molar-refractivity contribution >= 4 is 17.2 Å². The lowest BCUT2D eigenvalue weighted by molar-refractivity contribution is -0.0348. The van der Waals surface area contributed by atoms with E-state index < -0.39 is 0 Å². The number of aryl methyl sites for hydroxylation is 1. The van der Waals surface area contributed by atoms with E-state index >= 15 is 0 Å². The van der Waals surface area contributed by atoms with Gasteiger partial charge in [-0.1, -0.05) is 13.5 Å². The third kappa shape index (κ3) is 3.08. The highest BCUT2D eigenvalue weighted by Gasteiger charge is 2.59. The zero-order chi connectivity index (χ0) is 22.8. The molecule has 2 aromatic heterocycles. The van der Waals surface area contributed by atoms with Gasteiger partial charge in [0.05, 0.1) is 11.4 Å². The molecule has 2 atom stereocenters. The van der Waals surface area contributed by atoms with Gasteiger partial charge in [-0.15, -0.1) is 14.8 Å². The van der Waals surface area contributed by atoms with Gasteiger partial charge in [0.25, 0.3) is 0 Å². The second kappa shape index (κ2) is 7.12. The number of fused-ring (bicyclic) bond motifs is 3. The first-order chi connectivity index (χ1) is 15.9. The average molecular weight is 443 g/mol. The Kier molecular flexibility index (Phi) is 4.39. The smallest absolute Gasteiger partial charge is 0.176 e. The molecule has 5 heterocycles. The predicted octanol–water partition coefficient (Wildman–Crippen LogP) is 3.12. The summed E-state index contributed by atoms with van der Waals surface area (Å²) in [7, 11) is 0. The number of nitrogens with zero attached hydrogens (tertiary/aromatic N) is 7. The Morgan fingerprint density at radius 1 is 1.18 bits per heavy atom. The molecule has 3 aliphatic heterocycles. The van der Waals surface area contributed by atoms with E-state index in [1.807, 2.05) is 25.1 Å². The highest BCUT2D eigenvalue weighted by atomic mass is 15.4. The van der Waals surface area contributed by atoms with E-state index in [-0.39, 0.29) is 0 Å². The lowest BCUT2D eigenvalue weighted by Gasteiger charge is -2.55. The fraction of sp³-hybridized carbons (Fsp3) is 0.440. The topological polar surface area (TPSA) is 73.9 Å². The van der Waals surface area contributed by atoms with E-state index in [2.05, 4.69) is 69.1 Å². The van der Waals surface area contributed by atoms with Crippen LogP contribution in [0.25, 0.3) is 11.3 Å². The van der Waals surface area contributed by atoms with Crippen LogP contribution in [-0.4, -0.2) is 61.6 Å². The van der Waals surface area contributed by atoms with E-state index in [9.17, 15) is 0 Å². The summed E-state index contributed by atoms with van der Waals surface area (Å²) in [6.45, 7) is 15.2. The summed E-state index contributed by atoms with van der Waals surface area (Å²) < 4.78 is 1.56. The molecule has 0 radical (unpaired) electrons. The molecule has 0 bridgehead atoms. The first-order valence-electron chi connectivity index (χ1n) is 11.7. The van der Waals surface area contributed by atoms with Crippen molar-refractivity contribution in [2.75, 3.05) is 26.2 Å². The third-order valence-corrected chi connectivity index (χ3v) is 7.99. The summed E-state index contributed by atoms with van der Waals surface area (Å²) in [6, 6.07) is 3.84. The molecule has 8 nitrogen and oxygen atoms in total. The van der Waals surface area contributed by atoms with Crippen molar-refractivity contribution in [1.82, 2.24) is 34.9 Å². The maximum Gasteiger partial charge on any atom is 0.176 e. The zero-order valence-corrected chi connectivity index (χ0v) is 19.5. The van der Waals surface area contributed by atoms with E-state index in [1.165, 1.54) is 18.5 Å². The van der Waals surface area contributed by atoms with Gasteiger partial charge >= 0.3 is 0 Å². The molecule has 0 aromatic carbocycles. The standard InChI is InChI=1S/C25H30N8/c1-5-31(16-25-11-10-24(25,4)14-26-15-25)19-6-8-22-28-21(12-17(2)32(22)13-19)20-7-9-23-27-18(3)29-33(23)30-20/h6-9,12-13,26H,2,5,10-11,14-16H2,1,3-4H3. The third-order valence-electron chi connectivity index (χ3n) is 7.99. The van der Waals surface area contributed by atoms with Crippen LogP contribution in [0.15, 0.2) is 59.5 Å². The van der Waals surface area contributed by atoms with E-state index in [4.69, 9.17) is 4.99 Å². The molecule has 1 aliphatic carbocycles. The first kappa shape index (κ1) is 20.4. The average Bonchev–Trinajstić information content (AvgIpc) is 3.28. The lowest BCUT2D eigenvalue weighted by Crippen LogP contribution is -2.54. The minimum absolute atomic E-state index is 0.377. The highest BCUT2D eigenvalue weighted by Crippen LogP contribution is 2.59. The number of hydrogen-bond acceptors (Lipinski definition) is 7. The second-order valence-electron chi connectivity index (χ2n) is 9.93. The molecule has 1 saturated carbocycles. The quantitative estimate of drug-likeness (QED) is 0.767. The molecule has 0 spiro atoms. The van der Waals surface area contributed by atoms with E-state index in [0.717, 1.165) is 54.7 Å². The molecule has 2 fully saturated rings. The van der Waals surface area contributed by atoms with Crippen LogP contribution in [0.4, 0.5) is 0 Å². The van der Waals surface area contributed by atoms with E-state index in [0.29, 0.717) is 16.7 Å². The summed E-state index contributed by atoms with van der Waals surface area (Å²) >= 11 is 0. The fourth-order valence-corrected chi connectivity index (χ4v) is 5.67. The van der Waals surface area contributed by atoms with Crippen LogP contribution in [0.5, 0.6) is 0 Å². The van der Waals surface area contributed by atoms with Crippen molar-refractivity contribution in [2.45, 2.75) is 33.6 Å². The largest absolute Gasteiger partial charge is 0.370 e. The Labute approximate surface area is 194 Å². The second-order valence-corrected chi connectivity index (χ2v) is 9.93. The first-order valence-corrected chi connectivity index (χ1v) is 11.7. The summed E-state index contributed by atoms with van der Waals surface area (Å²) in [5.74, 6) is 1.55. The minimum atomic E-state index is 0.377. The molecule has 2 unspecified atom stereocenters. The number of likely N-dealkylation sites (N-methyl/N-ethyl adjacent to an activating group) is 1. The Bertz CT molecular complexity index is 1280. The molecule has 8 heteroatoms. The van der Waals surface area contributed by atoms with Crippen molar-refractivity contribution in [3.05, 3.63) is 66.1 Å². The summed E-state index contributed by atoms with van der Waals surface area (Å²) in [4.78, 5) is 13.8. The molecule has 0 amide bonds. The molecule has 170 valence electrons. The fourth-order valence-electron chi connectivity index (χ4n) is 5.67. The number of rotatable bonds is 5. The Morgan fingerprint density at radius 2 is 2.06 bits per heavy atom. The van der Waals surface area contributed by atoms with Gasteiger partial charge in [0.1, 0.15) is 17.4 Å². The van der Waals surface area contributed by atoms with Crippen LogP contribution in [0.2, 0.25) is 0 Å². The summed E-state index contributed by atoms with van der Waals surface area (Å²) in [5, 5.41) is 12.6. The van der Waals surface area contributed by atoms with Crippen LogP contribution >= 0.6 is 0 Å². The normalized spacial score (nSPS) is 28.2. The number of hydrogen-bond donors (Lipinski definition) is 1. The van der Waals surface area contributed by atoms with Gasteiger partial charge in [0.15, 0.2) is 5.65 Å². The number of amidine groups is 1. The Morgan fingerprint density at radius 3 is 2.82 bits per heavy atom. The van der Waals surface area contributed by atoms with Gasteiger partial charge in [-0.25, -0.2) is 9.98 Å². The SMILES string of the molecule is C=C1C=C(c2ccc3nc(C)nn3n2)N=C2C=CC(N(CC)CC34CCC3(C)CNC4)=CN12. The molecule has 1 saturated heterocycles. The molecular formula is C25H30N8. The maximum absolute atomic E-state index is 4.87. The van der Waals surface area contributed by atoms with Crippen LogP contribution in [0.3, 0.4) is 0 Å². The number of aromatic nitrogens is 4. The molecule has 33 heavy (non-hydrogen) atoms. The molecule has 2 aromatic rings. The van der Waals surface area contributed by atoms with Gasteiger partial charge in [-0.05, 0) is 62.5 Å². The summed E-state index contributed by atoms with van der Waals surface area (Å²) in [5.41, 5.74) is 5.14. The van der Waals surface area contributed by atoms with Crippen molar-refractivity contribution in [2.24, 2.45) is 15.8 Å². The number of nitrogens with one attached hydrogen (secondary N) is 1. The molecular weight excluding hydrogens is 412 g/mol. The monoisotopic (exact) mass is 442 g/mol. The van der Waals surface area contributed by atoms with Gasteiger partial charge in [0.2, 0.25) is 0 Å². The van der Waals surface area contributed by atoms with E-state index in [1.54, 1.807) is 4.63 Å². The lowest BCUT2D eigenvalue weighted by atomic mass is 9.52. The van der Waals surface area contributed by atoms with Crippen molar-refractivity contribution in [3.63, 3.8) is 0 Å². The summed E-state index contributed by atoms with van der Waals surface area (Å²) in [6.07, 6.45) is 11.0. The van der Waals surface area contributed by atoms with Crippen LogP contribution in [0.1, 0.15) is 38.2 Å². The van der Waals surface area contributed by atoms with Gasteiger partial charge < -0.3 is 15.1 Å². The minimum Gasteiger partial charge on any atom is -0.370 e. The molecule has 6 rings (SSSR count). The van der Waals surface area contributed by atoms with Crippen molar-refractivity contribution in [3.8, 4) is 0 Å². The molecule has 1 N–H and O–H groups in total. The number of allylic oxidation sites excluding steroid dienone is 2. The zero-order valence-electron chi connectivity index (χ0n) is 19.5. The van der Waals surface area contributed by atoms with Crippen LogP contribution in [0, 0.1) is 17.8 Å². The number of aliphatic imine (C=N–C) groups is 1. The van der Waals surface area contributed by atoms with Gasteiger partial charge in [-0.3, -0.25) is 0 Å². The predicted molar refractivity (Wildman–Crippen MR) is 129 cm³/mol. The Hall–Kier alpha value is -3.26. The van der Waals surface area contributed by atoms with Crippen LogP contribution < -0.4 is 5.32 Å². The maximum atomic E-state index is 4.87. The highest BCUT2D eigenvalue weighted by molar-refractivity contribution is 6.01. The van der Waals surface area contributed by atoms with Crippen molar-refractivity contribution in [1.29, 1.82) is 0 Å². The Balaban J connectivity index is 1.25. The van der Waals surface area contributed by atoms with Crippen molar-refractivity contribution < 1.29 is 0 Å². The van der Waals surface area contributed by atoms with Crippen LogP contribution in [-0.2, 0) is 0 Å². The van der Waals surface area contributed by atoms with Gasteiger partial charge in [0, 0.05) is 43.5 Å².